The molecule has 0 aliphatic carbocycles. The zero-order valence-corrected chi connectivity index (χ0v) is 51.0. The van der Waals surface area contributed by atoms with E-state index in [1.165, 1.54) is 146 Å². The highest BCUT2D eigenvalue weighted by molar-refractivity contribution is 7.80. The molecule has 0 unspecified atom stereocenters. The Kier molecular flexibility index (Phi) is 23.1. The van der Waals surface area contributed by atoms with Crippen LogP contribution in [0.25, 0.3) is 0 Å². The summed E-state index contributed by atoms with van der Waals surface area (Å²) in [6.07, 6.45) is -31.1. The summed E-state index contributed by atoms with van der Waals surface area (Å²) in [4.78, 5) is 128. The van der Waals surface area contributed by atoms with Crippen LogP contribution in [0.3, 0.4) is 0 Å². The number of amides is 1. The van der Waals surface area contributed by atoms with Crippen LogP contribution >= 0.6 is 0 Å². The van der Waals surface area contributed by atoms with Gasteiger partial charge in [-0.2, -0.15) is 8.42 Å². The van der Waals surface area contributed by atoms with Crippen molar-refractivity contribution in [2.75, 3.05) is 27.9 Å². The van der Waals surface area contributed by atoms with Crippen molar-refractivity contribution >= 4 is 64.1 Å². The van der Waals surface area contributed by atoms with Gasteiger partial charge in [-0.1, -0.05) is 109 Å². The van der Waals surface area contributed by atoms with Crippen LogP contribution in [0.1, 0.15) is 69.1 Å². The molecule has 94 heavy (non-hydrogen) atoms. The van der Waals surface area contributed by atoms with Crippen LogP contribution in [-0.2, 0) is 95.3 Å². The molecule has 0 spiro atoms. The van der Waals surface area contributed by atoms with Gasteiger partial charge in [-0.15, -0.1) is 0 Å². The van der Waals surface area contributed by atoms with Crippen molar-refractivity contribution in [1.29, 1.82) is 0 Å². The molecule has 0 saturated carbocycles. The lowest BCUT2D eigenvalue weighted by Crippen LogP contribution is -2.71. The van der Waals surface area contributed by atoms with Gasteiger partial charge in [0.2, 0.25) is 5.91 Å². The van der Waals surface area contributed by atoms with E-state index >= 15 is 0 Å². The molecule has 15 atom stereocenters. The number of esters is 8. The van der Waals surface area contributed by atoms with E-state index in [-0.39, 0.29) is 33.4 Å². The Morgan fingerprint density at radius 3 is 1.11 bits per heavy atom. The van der Waals surface area contributed by atoms with Crippen molar-refractivity contribution < 1.29 is 127 Å². The molecular weight excluding hydrogens is 1260 g/mol. The van der Waals surface area contributed by atoms with Crippen molar-refractivity contribution in [1.82, 2.24) is 5.32 Å². The molecule has 494 valence electrons. The second-order valence-corrected chi connectivity index (χ2v) is 21.8. The predicted octanol–water partition coefficient (Wildman–Crippen LogP) is 4.60. The largest absolute Gasteiger partial charge is 0.467 e. The highest BCUT2D eigenvalue weighted by Crippen LogP contribution is 2.39. The summed E-state index contributed by atoms with van der Waals surface area (Å²) in [7, 11) is -2.89. The maximum absolute atomic E-state index is 14.6. The zero-order chi connectivity index (χ0) is 67.1. The minimum absolute atomic E-state index is 0.0398. The Labute approximate surface area is 536 Å². The van der Waals surface area contributed by atoms with Crippen LogP contribution in [0.15, 0.2) is 182 Å². The van der Waals surface area contributed by atoms with E-state index in [4.69, 9.17) is 70.5 Å². The number of ether oxygens (including phenoxy) is 14. The third-order valence-corrected chi connectivity index (χ3v) is 15.0. The molecule has 6 aromatic rings. The van der Waals surface area contributed by atoms with Gasteiger partial charge in [-0.05, 0) is 72.8 Å². The molecule has 28 nitrogen and oxygen atoms in total. The van der Waals surface area contributed by atoms with Crippen molar-refractivity contribution in [3.05, 3.63) is 215 Å². The van der Waals surface area contributed by atoms with E-state index in [2.05, 4.69) is 5.32 Å². The first-order chi connectivity index (χ1) is 45.2. The predicted molar refractivity (Wildman–Crippen MR) is 316 cm³/mol. The molecule has 0 aromatic heterocycles. The number of carbonyl (C=O) groups is 9. The van der Waals surface area contributed by atoms with Gasteiger partial charge in [0, 0.05) is 14.0 Å². The monoisotopic (exact) mass is 1320 g/mol. The van der Waals surface area contributed by atoms with Crippen LogP contribution in [0.2, 0.25) is 0 Å². The minimum atomic E-state index is -5.83. The lowest BCUT2D eigenvalue weighted by atomic mass is 9.93. The molecule has 2 N–H and O–H groups in total. The highest BCUT2D eigenvalue weighted by atomic mass is 32.3. The fraction of sp³-hybridized carbons (Fsp3) is 0.308. The molecule has 3 fully saturated rings. The van der Waals surface area contributed by atoms with E-state index < -0.39 is 163 Å². The normalized spacial score (nSPS) is 25.7. The van der Waals surface area contributed by atoms with E-state index in [9.17, 15) is 56.1 Å². The summed E-state index contributed by atoms with van der Waals surface area (Å²) in [5.74, 6) is -10.5. The first-order valence-electron chi connectivity index (χ1n) is 28.7. The molecule has 0 radical (unpaired) electrons. The standard InChI is InChI=1S/C65H61NO27S/c1-36(67)66-44-46(89-65-54(88-60(73)42-33-21-10-22-34-42)49(85-57(70)39-27-15-7-16-28-39)47(51(92-65)61(74)79-2)84-56(69)38-25-13-6-14-26-38)45(93-94(76,77)78)43(35-82-55(68)37-23-11-5-12-24-37)83-63(44)90-48-50(86-58(71)40-29-17-8-18-30-40)53(64(81-4)91-52(48)62(75)80-3)87-59(72)41-31-19-9-20-32-41/h5-34,43-54,63-65H,35H2,1-4H3,(H,66,67)(H,76,77,78)/t43-,44-,45+,46-,47+,48+,49+,50+,51+,52+,53-,54-,63+,64-,65-/m1/s1. The number of hydrogen-bond donors (Lipinski definition) is 2. The second-order valence-electron chi connectivity index (χ2n) is 20.7. The Balaban J connectivity index is 1.23. The van der Waals surface area contributed by atoms with Crippen molar-refractivity contribution in [2.45, 2.75) is 99.0 Å². The van der Waals surface area contributed by atoms with Gasteiger partial charge in [0.1, 0.15) is 37.1 Å². The molecule has 0 bridgehead atoms. The van der Waals surface area contributed by atoms with Crippen LogP contribution in [0, 0.1) is 0 Å². The number of hydrogen-bond acceptors (Lipinski definition) is 26. The van der Waals surface area contributed by atoms with Crippen molar-refractivity contribution in [3.8, 4) is 0 Å². The van der Waals surface area contributed by atoms with Crippen LogP contribution in [-0.4, -0.2) is 187 Å². The zero-order valence-electron chi connectivity index (χ0n) is 50.2. The summed E-state index contributed by atoms with van der Waals surface area (Å²) in [6, 6.07) is 41.2. The summed E-state index contributed by atoms with van der Waals surface area (Å²) in [6.45, 7) is -0.178. The maximum atomic E-state index is 14.6. The van der Waals surface area contributed by atoms with Gasteiger partial charge < -0.3 is 71.6 Å². The Bertz CT molecular complexity index is 3720. The number of nitrogens with one attached hydrogen (secondary N) is 1. The molecular formula is C65H61NO27S. The van der Waals surface area contributed by atoms with Crippen molar-refractivity contribution in [2.24, 2.45) is 0 Å². The summed E-state index contributed by atoms with van der Waals surface area (Å²) >= 11 is 0. The number of methoxy groups -OCH3 is 3. The van der Waals surface area contributed by atoms with Gasteiger partial charge in [0.15, 0.2) is 61.6 Å². The number of carbonyl (C=O) groups excluding carboxylic acids is 9. The lowest BCUT2D eigenvalue weighted by molar-refractivity contribution is -0.356. The van der Waals surface area contributed by atoms with E-state index in [0.717, 1.165) is 28.3 Å². The first kappa shape index (κ1) is 68.5. The number of benzene rings is 6. The third-order valence-electron chi connectivity index (χ3n) is 14.6. The lowest BCUT2D eigenvalue weighted by Gasteiger charge is -2.50. The van der Waals surface area contributed by atoms with Crippen LogP contribution in [0.5, 0.6) is 0 Å². The van der Waals surface area contributed by atoms with E-state index in [1.54, 1.807) is 36.4 Å². The molecule has 6 aromatic carbocycles. The molecule has 9 rings (SSSR count). The average molecular weight is 1320 g/mol. The van der Waals surface area contributed by atoms with Crippen molar-refractivity contribution in [3.63, 3.8) is 0 Å². The first-order valence-corrected chi connectivity index (χ1v) is 30.0. The van der Waals surface area contributed by atoms with Crippen LogP contribution in [0.4, 0.5) is 0 Å². The minimum Gasteiger partial charge on any atom is -0.467 e. The van der Waals surface area contributed by atoms with Gasteiger partial charge in [0.05, 0.1) is 47.6 Å². The average Bonchev–Trinajstić information content (AvgIpc) is 0.760. The third kappa shape index (κ3) is 17.1. The smallest absolute Gasteiger partial charge is 0.397 e. The molecule has 1 amide bonds. The van der Waals surface area contributed by atoms with Gasteiger partial charge >= 0.3 is 58.2 Å². The van der Waals surface area contributed by atoms with Gasteiger partial charge in [0.25, 0.3) is 0 Å². The fourth-order valence-electron chi connectivity index (χ4n) is 10.2. The summed E-state index contributed by atoms with van der Waals surface area (Å²) < 4.78 is 127. The molecule has 3 heterocycles. The Morgan fingerprint density at radius 1 is 0.404 bits per heavy atom. The van der Waals surface area contributed by atoms with Gasteiger partial charge in [-0.25, -0.2) is 42.5 Å². The highest BCUT2D eigenvalue weighted by Gasteiger charge is 2.62. The second kappa shape index (κ2) is 31.7. The van der Waals surface area contributed by atoms with Gasteiger partial charge in [-0.3, -0.25) is 9.35 Å². The van der Waals surface area contributed by atoms with E-state index in [1.807, 2.05) is 0 Å². The summed E-state index contributed by atoms with van der Waals surface area (Å²) in [5.41, 5.74) is -0.641. The van der Waals surface area contributed by atoms with E-state index in [0.29, 0.717) is 0 Å². The van der Waals surface area contributed by atoms with Crippen LogP contribution < -0.4 is 5.32 Å². The topological polar surface area (TPSA) is 358 Å². The SMILES string of the molecule is COC(=O)[C@H]1O[C@@H](O[C@@H]2[C@@H](NC(C)=O)[C@H](O[C@H]3[C@H](OC(=O)c4ccccc4)[C@@H](OC(=O)c4ccccc4)[C@H](OC)O[C@@H]3C(=O)OC)O[C@H](COC(=O)c3ccccc3)[C@@H]2OS(=O)(=O)O)[C@H](OC(=O)c2ccccc2)[C@@H](OC(=O)c2ccccc2)[C@@H]1OC(=O)c1ccccc1. The Morgan fingerprint density at radius 2 is 0.734 bits per heavy atom. The molecule has 3 saturated heterocycles. The quantitative estimate of drug-likeness (QED) is 0.0502. The molecule has 29 heteroatoms. The number of rotatable bonds is 23. The molecule has 3 aliphatic rings. The molecule has 3 aliphatic heterocycles. The fourth-order valence-corrected chi connectivity index (χ4v) is 10.8. The maximum Gasteiger partial charge on any atom is 0.397 e. The summed E-state index contributed by atoms with van der Waals surface area (Å²) in [5, 5.41) is 2.49. The Hall–Kier alpha value is -9.82.